The number of methoxy groups -OCH3 is 1. The number of ether oxygens (including phenoxy) is 1. The van der Waals surface area contributed by atoms with Gasteiger partial charge in [-0.1, -0.05) is 38.1 Å². The number of amides is 2. The van der Waals surface area contributed by atoms with E-state index in [0.717, 1.165) is 22.4 Å². The van der Waals surface area contributed by atoms with Crippen LogP contribution in [0, 0.1) is 6.92 Å². The molecule has 0 spiro atoms. The number of aryl methyl sites for hydroxylation is 1. The highest BCUT2D eigenvalue weighted by atomic mass is 16.5. The number of nitrogens with zero attached hydrogens (tertiary/aromatic N) is 2. The van der Waals surface area contributed by atoms with Crippen LogP contribution in [0.5, 0.6) is 17.2 Å². The van der Waals surface area contributed by atoms with Crippen molar-refractivity contribution in [1.29, 1.82) is 0 Å². The standard InChI is InChI=1S/C29H30N2O4/c1-6-29(3,4)22-15-21(27(35-5)17-26(22)33)25-16-23(19-11-13-20(32)14-12-19)30-28(34)31(25)24-10-8-7-9-18(24)2/h6-15,17,25,32-33H,1,16H2,2-5H3. The van der Waals surface area contributed by atoms with Crippen molar-refractivity contribution in [2.75, 3.05) is 12.0 Å². The van der Waals surface area contributed by atoms with E-state index in [4.69, 9.17) is 4.74 Å². The Hall–Kier alpha value is -4.06. The van der Waals surface area contributed by atoms with Gasteiger partial charge in [0.1, 0.15) is 17.2 Å². The zero-order valence-electron chi connectivity index (χ0n) is 20.4. The SMILES string of the molecule is C=CC(C)(C)c1cc(C2CC(c3ccc(O)cc3)=NC(=O)N2c2ccccc2C)c(OC)cc1O. The fourth-order valence-corrected chi connectivity index (χ4v) is 4.46. The average molecular weight is 471 g/mol. The molecule has 6 heteroatoms. The molecule has 0 bridgehead atoms. The van der Waals surface area contributed by atoms with E-state index >= 15 is 0 Å². The number of aromatic hydroxyl groups is 2. The maximum atomic E-state index is 13.6. The molecule has 0 saturated heterocycles. The lowest BCUT2D eigenvalue weighted by atomic mass is 9.81. The molecule has 1 unspecified atom stereocenters. The summed E-state index contributed by atoms with van der Waals surface area (Å²) in [5.74, 6) is 0.730. The predicted octanol–water partition coefficient (Wildman–Crippen LogP) is 6.44. The predicted molar refractivity (Wildman–Crippen MR) is 139 cm³/mol. The molecule has 0 fully saturated rings. The van der Waals surface area contributed by atoms with Crippen molar-refractivity contribution in [2.45, 2.75) is 38.6 Å². The minimum atomic E-state index is -0.509. The van der Waals surface area contributed by atoms with E-state index in [1.807, 2.05) is 51.1 Å². The van der Waals surface area contributed by atoms with Gasteiger partial charge in [0.2, 0.25) is 0 Å². The summed E-state index contributed by atoms with van der Waals surface area (Å²) in [5.41, 5.74) is 4.02. The highest BCUT2D eigenvalue weighted by molar-refractivity contribution is 6.13. The minimum absolute atomic E-state index is 0.104. The number of benzene rings is 3. The molecule has 3 aromatic rings. The molecule has 1 atom stereocenters. The molecule has 1 aliphatic heterocycles. The van der Waals surface area contributed by atoms with Crippen molar-refractivity contribution in [1.82, 2.24) is 0 Å². The van der Waals surface area contributed by atoms with Gasteiger partial charge < -0.3 is 14.9 Å². The van der Waals surface area contributed by atoms with Crippen molar-refractivity contribution >= 4 is 17.4 Å². The van der Waals surface area contributed by atoms with E-state index in [0.29, 0.717) is 23.4 Å². The largest absolute Gasteiger partial charge is 0.508 e. The molecule has 2 amide bonds. The molecule has 4 rings (SSSR count). The van der Waals surface area contributed by atoms with Crippen LogP contribution in [0.25, 0.3) is 0 Å². The fourth-order valence-electron chi connectivity index (χ4n) is 4.46. The number of phenolic OH excluding ortho intramolecular Hbond substituents is 2. The van der Waals surface area contributed by atoms with E-state index < -0.39 is 17.5 Å². The Balaban J connectivity index is 1.94. The summed E-state index contributed by atoms with van der Waals surface area (Å²) in [4.78, 5) is 19.7. The van der Waals surface area contributed by atoms with E-state index in [2.05, 4.69) is 11.6 Å². The Kier molecular flexibility index (Phi) is 6.39. The summed E-state index contributed by atoms with van der Waals surface area (Å²) in [6, 6.07) is 17.0. The summed E-state index contributed by atoms with van der Waals surface area (Å²) >= 11 is 0. The maximum absolute atomic E-state index is 13.6. The van der Waals surface area contributed by atoms with Crippen molar-refractivity contribution in [3.05, 3.63) is 95.6 Å². The van der Waals surface area contributed by atoms with Crippen LogP contribution in [-0.4, -0.2) is 29.1 Å². The topological polar surface area (TPSA) is 82.4 Å². The van der Waals surface area contributed by atoms with Crippen molar-refractivity contribution in [2.24, 2.45) is 4.99 Å². The molecule has 0 aromatic heterocycles. The van der Waals surface area contributed by atoms with Gasteiger partial charge in [-0.25, -0.2) is 4.79 Å². The van der Waals surface area contributed by atoms with E-state index in [1.54, 1.807) is 48.4 Å². The molecular weight excluding hydrogens is 440 g/mol. The molecular formula is C29H30N2O4. The first-order valence-corrected chi connectivity index (χ1v) is 11.5. The van der Waals surface area contributed by atoms with Crippen LogP contribution in [-0.2, 0) is 5.41 Å². The van der Waals surface area contributed by atoms with Gasteiger partial charge in [0.15, 0.2) is 0 Å². The number of aliphatic imine (C=N–C) groups is 1. The summed E-state index contributed by atoms with van der Waals surface area (Å²) in [6.07, 6.45) is 2.20. The molecule has 0 radical (unpaired) electrons. The molecule has 0 aliphatic carbocycles. The zero-order chi connectivity index (χ0) is 25.3. The second-order valence-electron chi connectivity index (χ2n) is 9.30. The van der Waals surface area contributed by atoms with Crippen LogP contribution < -0.4 is 9.64 Å². The first-order valence-electron chi connectivity index (χ1n) is 11.5. The lowest BCUT2D eigenvalue weighted by molar-refractivity contribution is 0.250. The third kappa shape index (κ3) is 4.52. The second kappa shape index (κ2) is 9.29. The van der Waals surface area contributed by atoms with Gasteiger partial charge in [0.25, 0.3) is 0 Å². The molecule has 0 saturated carbocycles. The molecule has 1 heterocycles. The quantitative estimate of drug-likeness (QED) is 0.406. The summed E-state index contributed by atoms with van der Waals surface area (Å²) in [5, 5.41) is 20.5. The van der Waals surface area contributed by atoms with Gasteiger partial charge in [-0.2, -0.15) is 4.99 Å². The Morgan fingerprint density at radius 1 is 1.11 bits per heavy atom. The average Bonchev–Trinajstić information content (AvgIpc) is 2.84. The van der Waals surface area contributed by atoms with E-state index in [9.17, 15) is 15.0 Å². The lowest BCUT2D eigenvalue weighted by Crippen LogP contribution is -2.39. The highest BCUT2D eigenvalue weighted by Gasteiger charge is 2.36. The van der Waals surface area contributed by atoms with Crippen LogP contribution in [0.4, 0.5) is 10.5 Å². The number of phenols is 2. The molecule has 1 aliphatic rings. The molecule has 180 valence electrons. The number of urea groups is 1. The number of anilines is 1. The minimum Gasteiger partial charge on any atom is -0.508 e. The van der Waals surface area contributed by atoms with Crippen LogP contribution in [0.15, 0.2) is 78.3 Å². The van der Waals surface area contributed by atoms with Gasteiger partial charge in [0.05, 0.1) is 18.9 Å². The molecule has 6 nitrogen and oxygen atoms in total. The number of carbonyl (C=O) groups excluding carboxylic acids is 1. The third-order valence-electron chi connectivity index (χ3n) is 6.62. The number of hydrogen-bond acceptors (Lipinski definition) is 4. The van der Waals surface area contributed by atoms with Crippen molar-refractivity contribution < 1.29 is 19.7 Å². The first-order chi connectivity index (χ1) is 16.7. The number of hydrogen-bond donors (Lipinski definition) is 2. The first kappa shape index (κ1) is 24.1. The maximum Gasteiger partial charge on any atom is 0.348 e. The molecule has 3 aromatic carbocycles. The van der Waals surface area contributed by atoms with Crippen LogP contribution in [0.3, 0.4) is 0 Å². The Morgan fingerprint density at radius 3 is 2.43 bits per heavy atom. The number of para-hydroxylation sites is 1. The van der Waals surface area contributed by atoms with Gasteiger partial charge in [0, 0.05) is 34.7 Å². The fraction of sp³-hybridized carbons (Fsp3) is 0.241. The zero-order valence-corrected chi connectivity index (χ0v) is 20.4. The second-order valence-corrected chi connectivity index (χ2v) is 9.30. The normalized spacial score (nSPS) is 16.1. The van der Waals surface area contributed by atoms with Crippen molar-refractivity contribution in [3.63, 3.8) is 0 Å². The summed E-state index contributed by atoms with van der Waals surface area (Å²) in [7, 11) is 1.55. The Morgan fingerprint density at radius 2 is 1.80 bits per heavy atom. The lowest BCUT2D eigenvalue weighted by Gasteiger charge is -2.37. The summed E-state index contributed by atoms with van der Waals surface area (Å²) < 4.78 is 5.69. The third-order valence-corrected chi connectivity index (χ3v) is 6.62. The van der Waals surface area contributed by atoms with Crippen LogP contribution >= 0.6 is 0 Å². The summed E-state index contributed by atoms with van der Waals surface area (Å²) in [6.45, 7) is 9.83. The Labute approximate surface area is 205 Å². The highest BCUT2D eigenvalue weighted by Crippen LogP contribution is 2.44. The van der Waals surface area contributed by atoms with Crippen molar-refractivity contribution in [3.8, 4) is 17.2 Å². The van der Waals surface area contributed by atoms with E-state index in [1.165, 1.54) is 0 Å². The van der Waals surface area contributed by atoms with Crippen LogP contribution in [0.2, 0.25) is 0 Å². The molecule has 35 heavy (non-hydrogen) atoms. The Bertz CT molecular complexity index is 1310. The van der Waals surface area contributed by atoms with Gasteiger partial charge in [-0.3, -0.25) is 4.90 Å². The van der Waals surface area contributed by atoms with Crippen LogP contribution in [0.1, 0.15) is 48.6 Å². The number of rotatable bonds is 6. The van der Waals surface area contributed by atoms with Gasteiger partial charge in [-0.15, -0.1) is 6.58 Å². The van der Waals surface area contributed by atoms with E-state index in [-0.39, 0.29) is 11.5 Å². The van der Waals surface area contributed by atoms with Gasteiger partial charge >= 0.3 is 6.03 Å². The number of allylic oxidation sites excluding steroid dienone is 1. The number of carbonyl (C=O) groups is 1. The monoisotopic (exact) mass is 470 g/mol. The smallest absolute Gasteiger partial charge is 0.348 e. The van der Waals surface area contributed by atoms with Gasteiger partial charge in [-0.05, 0) is 54.4 Å². The molecule has 2 N–H and O–H groups in total.